The minimum atomic E-state index is -4.74. The van der Waals surface area contributed by atoms with Gasteiger partial charge in [-0.25, -0.2) is 0 Å². The van der Waals surface area contributed by atoms with Crippen molar-refractivity contribution in [3.05, 3.63) is 65.2 Å². The molecule has 0 spiro atoms. The topological polar surface area (TPSA) is 38.3 Å². The highest BCUT2D eigenvalue weighted by atomic mass is 19.4. The van der Waals surface area contributed by atoms with Crippen molar-refractivity contribution in [2.75, 3.05) is 0 Å². The van der Waals surface area contributed by atoms with E-state index in [2.05, 4.69) is 22.2 Å². The lowest BCUT2D eigenvalue weighted by atomic mass is 10.1. The van der Waals surface area contributed by atoms with Crippen molar-refractivity contribution >= 4 is 5.91 Å². The molecule has 1 fully saturated rings. The second-order valence-electron chi connectivity index (χ2n) is 6.16. The van der Waals surface area contributed by atoms with Gasteiger partial charge in [0.2, 0.25) is 5.91 Å². The van der Waals surface area contributed by atoms with Crippen LogP contribution in [0, 0.1) is 0 Å². The van der Waals surface area contributed by atoms with Crippen LogP contribution < -0.4 is 10.1 Å². The van der Waals surface area contributed by atoms with Crippen molar-refractivity contribution in [2.24, 2.45) is 0 Å². The van der Waals surface area contributed by atoms with Crippen molar-refractivity contribution in [3.8, 4) is 5.75 Å². The molecule has 6 heteroatoms. The Balaban J connectivity index is 1.51. The van der Waals surface area contributed by atoms with Crippen LogP contribution in [-0.2, 0) is 17.8 Å². The normalized spacial score (nSPS) is 14.2. The number of rotatable bonds is 6. The molecule has 0 heterocycles. The third-order valence-electron chi connectivity index (χ3n) is 4.01. The van der Waals surface area contributed by atoms with Crippen LogP contribution in [0.2, 0.25) is 0 Å². The molecule has 1 saturated carbocycles. The number of ether oxygens (including phenoxy) is 1. The molecular weight excluding hydrogens is 331 g/mol. The van der Waals surface area contributed by atoms with Gasteiger partial charge in [0, 0.05) is 6.54 Å². The van der Waals surface area contributed by atoms with Crippen molar-refractivity contribution in [1.82, 2.24) is 5.32 Å². The first-order valence-corrected chi connectivity index (χ1v) is 8.09. The van der Waals surface area contributed by atoms with Crippen LogP contribution in [-0.4, -0.2) is 12.3 Å². The maximum absolute atomic E-state index is 12.2. The second-order valence-corrected chi connectivity index (χ2v) is 6.16. The quantitative estimate of drug-likeness (QED) is 0.843. The van der Waals surface area contributed by atoms with Gasteiger partial charge >= 0.3 is 6.36 Å². The molecule has 0 aliphatic heterocycles. The Morgan fingerprint density at radius 2 is 1.80 bits per heavy atom. The molecule has 2 aromatic carbocycles. The number of hydrogen-bond donors (Lipinski definition) is 1. The number of amides is 1. The van der Waals surface area contributed by atoms with Crippen LogP contribution in [0.1, 0.15) is 35.4 Å². The number of benzene rings is 2. The molecular formula is C19H18F3NO2. The molecule has 1 aliphatic carbocycles. The highest BCUT2D eigenvalue weighted by Crippen LogP contribution is 2.39. The second kappa shape index (κ2) is 7.17. The van der Waals surface area contributed by atoms with Gasteiger partial charge in [0.15, 0.2) is 0 Å². The summed E-state index contributed by atoms with van der Waals surface area (Å²) in [6, 6.07) is 13.6. The predicted octanol–water partition coefficient (Wildman–Crippen LogP) is 4.32. The molecule has 0 saturated heterocycles. The lowest BCUT2D eigenvalue weighted by Crippen LogP contribution is -2.24. The van der Waals surface area contributed by atoms with Crippen LogP contribution in [0.15, 0.2) is 48.5 Å². The van der Waals surface area contributed by atoms with Gasteiger partial charge in [-0.3, -0.25) is 4.79 Å². The summed E-state index contributed by atoms with van der Waals surface area (Å²) < 4.78 is 40.5. The lowest BCUT2D eigenvalue weighted by Gasteiger charge is -2.10. The third-order valence-corrected chi connectivity index (χ3v) is 4.01. The molecule has 3 rings (SSSR count). The Kier molecular flexibility index (Phi) is 4.97. The smallest absolute Gasteiger partial charge is 0.406 e. The Bertz CT molecular complexity index is 737. The summed E-state index contributed by atoms with van der Waals surface area (Å²) in [7, 11) is 0. The molecule has 1 aliphatic rings. The summed E-state index contributed by atoms with van der Waals surface area (Å²) in [5.41, 5.74) is 2.78. The monoisotopic (exact) mass is 349 g/mol. The average Bonchev–Trinajstić information content (AvgIpc) is 3.37. The molecule has 0 radical (unpaired) electrons. The zero-order valence-electron chi connectivity index (χ0n) is 13.5. The van der Waals surface area contributed by atoms with Crippen LogP contribution in [0.3, 0.4) is 0 Å². The number of hydrogen-bond acceptors (Lipinski definition) is 2. The van der Waals surface area contributed by atoms with Crippen LogP contribution in [0.5, 0.6) is 5.75 Å². The SMILES string of the molecule is O=C(Cc1cccc(OC(F)(F)F)c1)NCc1ccc(C2CC2)cc1. The molecule has 0 bridgehead atoms. The van der Waals surface area contributed by atoms with E-state index >= 15 is 0 Å². The van der Waals surface area contributed by atoms with Crippen molar-refractivity contribution in [2.45, 2.75) is 38.1 Å². The molecule has 132 valence electrons. The van der Waals surface area contributed by atoms with E-state index in [9.17, 15) is 18.0 Å². The molecule has 1 N–H and O–H groups in total. The largest absolute Gasteiger partial charge is 0.573 e. The number of alkyl halides is 3. The Hall–Kier alpha value is -2.50. The van der Waals surface area contributed by atoms with E-state index in [0.29, 0.717) is 18.0 Å². The summed E-state index contributed by atoms with van der Waals surface area (Å²) in [6.07, 6.45) is -2.26. The van der Waals surface area contributed by atoms with Gasteiger partial charge in [0.25, 0.3) is 0 Å². The van der Waals surface area contributed by atoms with Gasteiger partial charge in [-0.05, 0) is 47.6 Å². The van der Waals surface area contributed by atoms with Gasteiger partial charge in [-0.15, -0.1) is 13.2 Å². The first kappa shape index (κ1) is 17.3. The Labute approximate surface area is 143 Å². The lowest BCUT2D eigenvalue weighted by molar-refractivity contribution is -0.274. The van der Waals surface area contributed by atoms with Crippen molar-refractivity contribution < 1.29 is 22.7 Å². The molecule has 3 nitrogen and oxygen atoms in total. The van der Waals surface area contributed by atoms with Crippen molar-refractivity contribution in [1.29, 1.82) is 0 Å². The van der Waals surface area contributed by atoms with Gasteiger partial charge < -0.3 is 10.1 Å². The summed E-state index contributed by atoms with van der Waals surface area (Å²) in [5.74, 6) is 0.110. The molecule has 25 heavy (non-hydrogen) atoms. The van der Waals surface area contributed by atoms with E-state index < -0.39 is 6.36 Å². The summed E-state index contributed by atoms with van der Waals surface area (Å²) in [4.78, 5) is 12.0. The van der Waals surface area contributed by atoms with Gasteiger partial charge in [-0.2, -0.15) is 0 Å². The zero-order chi connectivity index (χ0) is 17.9. The molecule has 1 amide bonds. The molecule has 0 aromatic heterocycles. The molecule has 2 aromatic rings. The highest BCUT2D eigenvalue weighted by Gasteiger charge is 2.31. The molecule has 0 unspecified atom stereocenters. The highest BCUT2D eigenvalue weighted by molar-refractivity contribution is 5.78. The maximum Gasteiger partial charge on any atom is 0.573 e. The third kappa shape index (κ3) is 5.52. The minimum absolute atomic E-state index is 0.00475. The maximum atomic E-state index is 12.2. The van der Waals surface area contributed by atoms with E-state index in [1.54, 1.807) is 6.07 Å². The van der Waals surface area contributed by atoms with Gasteiger partial charge in [-0.1, -0.05) is 36.4 Å². The molecule has 0 atom stereocenters. The van der Waals surface area contributed by atoms with E-state index in [1.807, 2.05) is 12.1 Å². The Morgan fingerprint density at radius 3 is 2.44 bits per heavy atom. The minimum Gasteiger partial charge on any atom is -0.406 e. The number of nitrogens with one attached hydrogen (secondary N) is 1. The van der Waals surface area contributed by atoms with Gasteiger partial charge in [0.1, 0.15) is 5.75 Å². The standard InChI is InChI=1S/C19H18F3NO2/c20-19(21,22)25-17-3-1-2-14(10-17)11-18(24)23-12-13-4-6-15(7-5-13)16-8-9-16/h1-7,10,16H,8-9,11-12H2,(H,23,24). The number of carbonyl (C=O) groups is 1. The van der Waals surface area contributed by atoms with E-state index in [0.717, 1.165) is 5.56 Å². The van der Waals surface area contributed by atoms with Crippen molar-refractivity contribution in [3.63, 3.8) is 0 Å². The summed E-state index contributed by atoms with van der Waals surface area (Å²) in [6.45, 7) is 0.391. The van der Waals surface area contributed by atoms with Gasteiger partial charge in [0.05, 0.1) is 6.42 Å². The fraction of sp³-hybridized carbons (Fsp3) is 0.316. The van der Waals surface area contributed by atoms with E-state index in [4.69, 9.17) is 0 Å². The number of halogens is 3. The fourth-order valence-electron chi connectivity index (χ4n) is 2.63. The predicted molar refractivity (Wildman–Crippen MR) is 87.1 cm³/mol. The Morgan fingerprint density at radius 1 is 1.08 bits per heavy atom. The first-order valence-electron chi connectivity index (χ1n) is 8.09. The van der Waals surface area contributed by atoms with Crippen LogP contribution in [0.4, 0.5) is 13.2 Å². The van der Waals surface area contributed by atoms with Crippen LogP contribution >= 0.6 is 0 Å². The fourth-order valence-corrected chi connectivity index (χ4v) is 2.63. The first-order chi connectivity index (χ1) is 11.9. The zero-order valence-corrected chi connectivity index (χ0v) is 13.5. The average molecular weight is 349 g/mol. The van der Waals surface area contributed by atoms with E-state index in [-0.39, 0.29) is 18.1 Å². The summed E-state index contributed by atoms with van der Waals surface area (Å²) >= 11 is 0. The number of carbonyl (C=O) groups excluding carboxylic acids is 1. The summed E-state index contributed by atoms with van der Waals surface area (Å²) in [5, 5.41) is 2.78. The van der Waals surface area contributed by atoms with Crippen LogP contribution in [0.25, 0.3) is 0 Å². The van der Waals surface area contributed by atoms with E-state index in [1.165, 1.54) is 36.6 Å².